The second-order valence-corrected chi connectivity index (χ2v) is 7.51. The highest BCUT2D eigenvalue weighted by Crippen LogP contribution is 2.25. The third-order valence-electron chi connectivity index (χ3n) is 3.82. The standard InChI is InChI=1S/C19H23BrN2S/c1-12(2)18(17-10-5-13(3)11-14(17)4)22-19(23)21-16-8-6-15(20)7-9-16/h5-12,18H,1-4H3,(H2,21,22,23)/t18-/m0/s1. The zero-order valence-corrected chi connectivity index (χ0v) is 16.4. The van der Waals surface area contributed by atoms with E-state index in [0.717, 1.165) is 10.2 Å². The Balaban J connectivity index is 2.12. The molecule has 0 aromatic heterocycles. The van der Waals surface area contributed by atoms with Gasteiger partial charge < -0.3 is 10.6 Å². The minimum Gasteiger partial charge on any atom is -0.355 e. The van der Waals surface area contributed by atoms with Crippen molar-refractivity contribution >= 4 is 38.9 Å². The molecule has 23 heavy (non-hydrogen) atoms. The summed E-state index contributed by atoms with van der Waals surface area (Å²) in [6.07, 6.45) is 0. The van der Waals surface area contributed by atoms with Crippen molar-refractivity contribution in [3.05, 3.63) is 63.6 Å². The predicted molar refractivity (Wildman–Crippen MR) is 107 cm³/mol. The minimum atomic E-state index is 0.186. The molecule has 0 radical (unpaired) electrons. The summed E-state index contributed by atoms with van der Waals surface area (Å²) in [5, 5.41) is 7.36. The van der Waals surface area contributed by atoms with Gasteiger partial charge in [0.05, 0.1) is 6.04 Å². The van der Waals surface area contributed by atoms with Crippen LogP contribution < -0.4 is 10.6 Å². The summed E-state index contributed by atoms with van der Waals surface area (Å²) >= 11 is 8.94. The molecule has 122 valence electrons. The van der Waals surface area contributed by atoms with E-state index in [1.807, 2.05) is 24.3 Å². The summed E-state index contributed by atoms with van der Waals surface area (Å²) < 4.78 is 1.05. The van der Waals surface area contributed by atoms with Gasteiger partial charge in [0.1, 0.15) is 0 Å². The fourth-order valence-electron chi connectivity index (χ4n) is 2.62. The van der Waals surface area contributed by atoms with Crippen LogP contribution in [0.15, 0.2) is 46.9 Å². The van der Waals surface area contributed by atoms with Crippen LogP contribution in [-0.2, 0) is 0 Å². The number of hydrogen-bond acceptors (Lipinski definition) is 1. The summed E-state index contributed by atoms with van der Waals surface area (Å²) in [7, 11) is 0. The van der Waals surface area contributed by atoms with Gasteiger partial charge in [-0.05, 0) is 67.4 Å². The Labute approximate surface area is 152 Å². The van der Waals surface area contributed by atoms with Crippen molar-refractivity contribution in [2.24, 2.45) is 5.92 Å². The van der Waals surface area contributed by atoms with Crippen LogP contribution in [0.4, 0.5) is 5.69 Å². The van der Waals surface area contributed by atoms with Crippen LogP contribution in [0.2, 0.25) is 0 Å². The maximum atomic E-state index is 5.50. The number of hydrogen-bond donors (Lipinski definition) is 2. The van der Waals surface area contributed by atoms with E-state index in [1.54, 1.807) is 0 Å². The molecular formula is C19H23BrN2S. The van der Waals surface area contributed by atoms with Gasteiger partial charge in [0.25, 0.3) is 0 Å². The third kappa shape index (κ3) is 5.05. The van der Waals surface area contributed by atoms with Gasteiger partial charge in [-0.15, -0.1) is 0 Å². The maximum absolute atomic E-state index is 5.50. The molecule has 0 heterocycles. The SMILES string of the molecule is Cc1ccc([C@@H](NC(=S)Nc2ccc(Br)cc2)C(C)C)c(C)c1. The number of thiocarbonyl (C=S) groups is 1. The van der Waals surface area contributed by atoms with Gasteiger partial charge in [-0.25, -0.2) is 0 Å². The Morgan fingerprint density at radius 1 is 1.04 bits per heavy atom. The van der Waals surface area contributed by atoms with Crippen molar-refractivity contribution < 1.29 is 0 Å². The van der Waals surface area contributed by atoms with Crippen LogP contribution in [-0.4, -0.2) is 5.11 Å². The van der Waals surface area contributed by atoms with E-state index in [4.69, 9.17) is 12.2 Å². The van der Waals surface area contributed by atoms with Gasteiger partial charge in [0, 0.05) is 10.2 Å². The highest BCUT2D eigenvalue weighted by molar-refractivity contribution is 9.10. The van der Waals surface area contributed by atoms with Gasteiger partial charge in [-0.2, -0.15) is 0 Å². The Bertz CT molecular complexity index is 680. The van der Waals surface area contributed by atoms with E-state index in [1.165, 1.54) is 16.7 Å². The first-order valence-electron chi connectivity index (χ1n) is 7.77. The van der Waals surface area contributed by atoms with Crippen LogP contribution in [0.25, 0.3) is 0 Å². The molecule has 2 N–H and O–H groups in total. The fourth-order valence-corrected chi connectivity index (χ4v) is 3.13. The second-order valence-electron chi connectivity index (χ2n) is 6.19. The summed E-state index contributed by atoms with van der Waals surface area (Å²) in [4.78, 5) is 0. The quantitative estimate of drug-likeness (QED) is 0.649. The van der Waals surface area contributed by atoms with Crippen LogP contribution >= 0.6 is 28.1 Å². The highest BCUT2D eigenvalue weighted by Gasteiger charge is 2.18. The lowest BCUT2D eigenvalue weighted by Gasteiger charge is -2.26. The Morgan fingerprint density at radius 3 is 2.26 bits per heavy atom. The van der Waals surface area contributed by atoms with Crippen LogP contribution in [0, 0.1) is 19.8 Å². The van der Waals surface area contributed by atoms with Crippen LogP contribution in [0.5, 0.6) is 0 Å². The van der Waals surface area contributed by atoms with Crippen LogP contribution in [0.1, 0.15) is 36.6 Å². The zero-order valence-electron chi connectivity index (χ0n) is 14.0. The molecule has 2 aromatic rings. The average molecular weight is 391 g/mol. The first kappa shape index (κ1) is 18.0. The molecule has 0 spiro atoms. The molecule has 4 heteroatoms. The minimum absolute atomic E-state index is 0.186. The summed E-state index contributed by atoms with van der Waals surface area (Å²) in [6.45, 7) is 8.69. The molecule has 0 saturated heterocycles. The molecule has 0 aliphatic heterocycles. The van der Waals surface area contributed by atoms with Gasteiger partial charge in [0.15, 0.2) is 5.11 Å². The number of rotatable bonds is 4. The topological polar surface area (TPSA) is 24.1 Å². The Morgan fingerprint density at radius 2 is 1.70 bits per heavy atom. The number of nitrogens with one attached hydrogen (secondary N) is 2. The van der Waals surface area contributed by atoms with Crippen molar-refractivity contribution in [1.82, 2.24) is 5.32 Å². The first-order chi connectivity index (χ1) is 10.9. The fraction of sp³-hybridized carbons (Fsp3) is 0.316. The van der Waals surface area contributed by atoms with Gasteiger partial charge in [0.2, 0.25) is 0 Å². The van der Waals surface area contributed by atoms with Crippen molar-refractivity contribution in [3.63, 3.8) is 0 Å². The molecule has 0 saturated carbocycles. The maximum Gasteiger partial charge on any atom is 0.171 e. The largest absolute Gasteiger partial charge is 0.355 e. The zero-order chi connectivity index (χ0) is 17.0. The Kier molecular flexibility index (Phi) is 6.19. The third-order valence-corrected chi connectivity index (χ3v) is 4.56. The molecule has 2 aromatic carbocycles. The molecular weight excluding hydrogens is 368 g/mol. The molecule has 0 fully saturated rings. The van der Waals surface area contributed by atoms with E-state index in [2.05, 4.69) is 72.5 Å². The smallest absolute Gasteiger partial charge is 0.171 e. The lowest BCUT2D eigenvalue weighted by atomic mass is 9.92. The molecule has 0 aliphatic carbocycles. The average Bonchev–Trinajstić information content (AvgIpc) is 2.48. The van der Waals surface area contributed by atoms with Gasteiger partial charge in [-0.3, -0.25) is 0 Å². The molecule has 2 nitrogen and oxygen atoms in total. The molecule has 0 amide bonds. The molecule has 0 aliphatic rings. The number of halogens is 1. The monoisotopic (exact) mass is 390 g/mol. The number of benzene rings is 2. The van der Waals surface area contributed by atoms with Crippen LogP contribution in [0.3, 0.4) is 0 Å². The summed E-state index contributed by atoms with van der Waals surface area (Å²) in [6, 6.07) is 14.8. The highest BCUT2D eigenvalue weighted by atomic mass is 79.9. The van der Waals surface area contributed by atoms with Crippen molar-refractivity contribution in [2.75, 3.05) is 5.32 Å². The van der Waals surface area contributed by atoms with Gasteiger partial charge >= 0.3 is 0 Å². The lowest BCUT2D eigenvalue weighted by molar-refractivity contribution is 0.471. The van der Waals surface area contributed by atoms with Crippen molar-refractivity contribution in [1.29, 1.82) is 0 Å². The molecule has 1 atom stereocenters. The second kappa shape index (κ2) is 7.93. The molecule has 0 bridgehead atoms. The number of aryl methyl sites for hydroxylation is 2. The van der Waals surface area contributed by atoms with Crippen molar-refractivity contribution in [3.8, 4) is 0 Å². The van der Waals surface area contributed by atoms with Gasteiger partial charge in [-0.1, -0.05) is 53.5 Å². The van der Waals surface area contributed by atoms with E-state index < -0.39 is 0 Å². The normalized spacial score (nSPS) is 12.1. The van der Waals surface area contributed by atoms with Crippen molar-refractivity contribution in [2.45, 2.75) is 33.7 Å². The van der Waals surface area contributed by atoms with E-state index >= 15 is 0 Å². The first-order valence-corrected chi connectivity index (χ1v) is 8.97. The molecule has 0 unspecified atom stereocenters. The summed E-state index contributed by atoms with van der Waals surface area (Å²) in [5.74, 6) is 0.432. The summed E-state index contributed by atoms with van der Waals surface area (Å²) in [5.41, 5.74) is 4.85. The van der Waals surface area contributed by atoms with E-state index in [-0.39, 0.29) is 6.04 Å². The van der Waals surface area contributed by atoms with E-state index in [9.17, 15) is 0 Å². The Hall–Kier alpha value is -1.39. The molecule has 2 rings (SSSR count). The number of anilines is 1. The van der Waals surface area contributed by atoms with E-state index in [0.29, 0.717) is 11.0 Å². The lowest BCUT2D eigenvalue weighted by Crippen LogP contribution is -2.35. The predicted octanol–water partition coefficient (Wildman–Crippen LogP) is 5.75.